The molecule has 0 unspecified atom stereocenters. The number of carbonyl (C=O) groups is 2. The highest BCUT2D eigenvalue weighted by atomic mass is 16.5. The van der Waals surface area contributed by atoms with E-state index >= 15 is 0 Å². The zero-order valence-electron chi connectivity index (χ0n) is 15.1. The van der Waals surface area contributed by atoms with Crippen LogP contribution in [-0.4, -0.2) is 11.8 Å². The van der Waals surface area contributed by atoms with Gasteiger partial charge in [-0.25, -0.2) is 0 Å². The summed E-state index contributed by atoms with van der Waals surface area (Å²) in [5.41, 5.74) is 1.48. The van der Waals surface area contributed by atoms with Gasteiger partial charge in [0.25, 0.3) is 0 Å². The molecule has 4 aliphatic rings. The van der Waals surface area contributed by atoms with Crippen LogP contribution in [0.2, 0.25) is 0 Å². The first-order valence-corrected chi connectivity index (χ1v) is 9.47. The average Bonchev–Trinajstić information content (AvgIpc) is 2.83. The van der Waals surface area contributed by atoms with Gasteiger partial charge in [0.15, 0.2) is 0 Å². The highest BCUT2D eigenvalue weighted by Gasteiger charge is 2.58. The molecular formula is C21H28O3. The van der Waals surface area contributed by atoms with Crippen molar-refractivity contribution in [3.63, 3.8) is 0 Å². The van der Waals surface area contributed by atoms with Crippen LogP contribution in [0.1, 0.15) is 65.7 Å². The topological polar surface area (TPSA) is 43.4 Å². The van der Waals surface area contributed by atoms with E-state index in [-0.39, 0.29) is 16.8 Å². The van der Waals surface area contributed by atoms with Crippen molar-refractivity contribution in [2.75, 3.05) is 0 Å². The monoisotopic (exact) mass is 328 g/mol. The molecule has 0 amide bonds. The average molecular weight is 328 g/mol. The molecule has 0 aromatic carbocycles. The SMILES string of the molecule is CC(=O)OC1=CC2=CC[C@@H]3[C@H](CC[C@]4(C)C(=O)CC[C@@H]34)[C@@]2(C)CC1. The second-order valence-electron chi connectivity index (χ2n) is 8.81. The van der Waals surface area contributed by atoms with Crippen LogP contribution in [0, 0.1) is 28.6 Å². The van der Waals surface area contributed by atoms with Crippen LogP contribution < -0.4 is 0 Å². The van der Waals surface area contributed by atoms with E-state index in [0.717, 1.165) is 50.7 Å². The molecule has 0 radical (unpaired) electrons. The lowest BCUT2D eigenvalue weighted by atomic mass is 9.49. The summed E-state index contributed by atoms with van der Waals surface area (Å²) in [7, 11) is 0. The van der Waals surface area contributed by atoms with Crippen molar-refractivity contribution >= 4 is 11.8 Å². The summed E-state index contributed by atoms with van der Waals surface area (Å²) in [4.78, 5) is 23.7. The van der Waals surface area contributed by atoms with Crippen molar-refractivity contribution in [3.8, 4) is 0 Å². The normalized spacial score (nSPS) is 44.0. The second kappa shape index (κ2) is 5.31. The summed E-state index contributed by atoms with van der Waals surface area (Å²) in [5, 5.41) is 0. The minimum absolute atomic E-state index is 0.0592. The zero-order chi connectivity index (χ0) is 17.1. The molecule has 0 heterocycles. The summed E-state index contributed by atoms with van der Waals surface area (Å²) >= 11 is 0. The fraction of sp³-hybridized carbons (Fsp3) is 0.714. The Morgan fingerprint density at radius 3 is 2.62 bits per heavy atom. The summed E-state index contributed by atoms with van der Waals surface area (Å²) in [6.45, 7) is 6.10. The molecule has 24 heavy (non-hydrogen) atoms. The van der Waals surface area contributed by atoms with E-state index in [1.165, 1.54) is 12.5 Å². The van der Waals surface area contributed by atoms with Crippen molar-refractivity contribution in [1.82, 2.24) is 0 Å². The van der Waals surface area contributed by atoms with E-state index in [1.807, 2.05) is 0 Å². The number of fused-ring (bicyclic) bond motifs is 5. The summed E-state index contributed by atoms with van der Waals surface area (Å²) in [6, 6.07) is 0. The lowest BCUT2D eigenvalue weighted by molar-refractivity contribution is -0.137. The van der Waals surface area contributed by atoms with Crippen LogP contribution in [-0.2, 0) is 14.3 Å². The fourth-order valence-corrected chi connectivity index (χ4v) is 6.34. The minimum atomic E-state index is -0.225. The molecule has 0 bridgehead atoms. The summed E-state index contributed by atoms with van der Waals surface area (Å²) < 4.78 is 5.36. The van der Waals surface area contributed by atoms with Gasteiger partial charge >= 0.3 is 5.97 Å². The lowest BCUT2D eigenvalue weighted by Crippen LogP contribution is -2.49. The predicted octanol–water partition coefficient (Wildman–Crippen LogP) is 4.58. The van der Waals surface area contributed by atoms with Crippen LogP contribution in [0.4, 0.5) is 0 Å². The van der Waals surface area contributed by atoms with Crippen molar-refractivity contribution in [2.45, 2.75) is 65.7 Å². The van der Waals surface area contributed by atoms with E-state index in [2.05, 4.69) is 26.0 Å². The largest absolute Gasteiger partial charge is 0.431 e. The van der Waals surface area contributed by atoms with Gasteiger partial charge in [-0.3, -0.25) is 9.59 Å². The standard InChI is InChI=1S/C21H28O3/c1-13(22)24-15-8-10-20(2)14(12-15)4-5-16-17-6-7-19(23)21(17,3)11-9-18(16)20/h4,12,16-18H,5-11H2,1-3H3/t16-,17-,18-,20-,21-/m0/s1. The van der Waals surface area contributed by atoms with Crippen molar-refractivity contribution in [2.24, 2.45) is 28.6 Å². The van der Waals surface area contributed by atoms with Gasteiger partial charge in [0.1, 0.15) is 11.5 Å². The fourth-order valence-electron chi connectivity index (χ4n) is 6.34. The van der Waals surface area contributed by atoms with Crippen LogP contribution in [0.5, 0.6) is 0 Å². The Morgan fingerprint density at radius 1 is 1.12 bits per heavy atom. The molecule has 4 rings (SSSR count). The van der Waals surface area contributed by atoms with Crippen LogP contribution >= 0.6 is 0 Å². The molecule has 3 heteroatoms. The predicted molar refractivity (Wildman–Crippen MR) is 91.9 cm³/mol. The Kier molecular flexibility index (Phi) is 3.56. The first kappa shape index (κ1) is 16.1. The maximum Gasteiger partial charge on any atom is 0.307 e. The number of carbonyl (C=O) groups excluding carboxylic acids is 2. The van der Waals surface area contributed by atoms with Gasteiger partial charge in [-0.2, -0.15) is 0 Å². The first-order valence-electron chi connectivity index (χ1n) is 9.47. The van der Waals surface area contributed by atoms with Crippen LogP contribution in [0.15, 0.2) is 23.5 Å². The van der Waals surface area contributed by atoms with E-state index < -0.39 is 0 Å². The van der Waals surface area contributed by atoms with Crippen LogP contribution in [0.25, 0.3) is 0 Å². The third-order valence-corrected chi connectivity index (χ3v) is 7.72. The molecule has 2 fully saturated rings. The smallest absolute Gasteiger partial charge is 0.307 e. The molecular weight excluding hydrogens is 300 g/mol. The molecule has 5 atom stereocenters. The van der Waals surface area contributed by atoms with E-state index in [9.17, 15) is 9.59 Å². The molecule has 0 N–H and O–H groups in total. The third kappa shape index (κ3) is 2.16. The number of Topliss-reactive ketones (excluding diaryl/α,β-unsaturated/α-hetero) is 1. The van der Waals surface area contributed by atoms with Gasteiger partial charge in [0, 0.05) is 25.2 Å². The molecule has 0 aromatic rings. The molecule has 4 aliphatic carbocycles. The Hall–Kier alpha value is -1.38. The van der Waals surface area contributed by atoms with Crippen LogP contribution in [0.3, 0.4) is 0 Å². The molecule has 0 spiro atoms. The van der Waals surface area contributed by atoms with Gasteiger partial charge in [-0.1, -0.05) is 19.9 Å². The van der Waals surface area contributed by atoms with Crippen molar-refractivity contribution in [3.05, 3.63) is 23.5 Å². The number of hydrogen-bond acceptors (Lipinski definition) is 3. The molecule has 3 nitrogen and oxygen atoms in total. The van der Waals surface area contributed by atoms with Crippen molar-refractivity contribution < 1.29 is 14.3 Å². The van der Waals surface area contributed by atoms with Crippen molar-refractivity contribution in [1.29, 1.82) is 0 Å². The number of rotatable bonds is 1. The van der Waals surface area contributed by atoms with E-state index in [1.54, 1.807) is 0 Å². The maximum atomic E-state index is 12.4. The number of ether oxygens (including phenoxy) is 1. The van der Waals surface area contributed by atoms with Gasteiger partial charge in [-0.15, -0.1) is 0 Å². The summed E-state index contributed by atoms with van der Waals surface area (Å²) in [5.74, 6) is 2.98. The lowest BCUT2D eigenvalue weighted by Gasteiger charge is -2.55. The van der Waals surface area contributed by atoms with Gasteiger partial charge in [0.05, 0.1) is 0 Å². The number of ketones is 1. The quantitative estimate of drug-likeness (QED) is 0.662. The Labute approximate surface area is 144 Å². The molecule has 2 saturated carbocycles. The Bertz CT molecular complexity index is 658. The van der Waals surface area contributed by atoms with Gasteiger partial charge in [-0.05, 0) is 66.9 Å². The highest BCUT2D eigenvalue weighted by Crippen LogP contribution is 2.63. The zero-order valence-corrected chi connectivity index (χ0v) is 15.1. The Morgan fingerprint density at radius 2 is 1.88 bits per heavy atom. The second-order valence-corrected chi connectivity index (χ2v) is 8.81. The molecule has 0 saturated heterocycles. The highest BCUT2D eigenvalue weighted by molar-refractivity contribution is 5.87. The molecule has 0 aromatic heterocycles. The molecule has 130 valence electrons. The molecule has 0 aliphatic heterocycles. The van der Waals surface area contributed by atoms with Gasteiger partial charge < -0.3 is 4.74 Å². The van der Waals surface area contributed by atoms with E-state index in [4.69, 9.17) is 4.74 Å². The first-order chi connectivity index (χ1) is 11.3. The Balaban J connectivity index is 1.66. The number of allylic oxidation sites excluding steroid dienone is 4. The van der Waals surface area contributed by atoms with Gasteiger partial charge in [0.2, 0.25) is 0 Å². The van der Waals surface area contributed by atoms with E-state index in [0.29, 0.717) is 23.5 Å². The third-order valence-electron chi connectivity index (χ3n) is 7.72. The number of esters is 1. The minimum Gasteiger partial charge on any atom is -0.431 e. The number of hydrogen-bond donors (Lipinski definition) is 0. The summed E-state index contributed by atoms with van der Waals surface area (Å²) in [6.07, 6.45) is 11.6. The maximum absolute atomic E-state index is 12.4.